The summed E-state index contributed by atoms with van der Waals surface area (Å²) in [7, 11) is 0. The fourth-order valence-electron chi connectivity index (χ4n) is 2.01. The number of carbonyl (C=O) groups excluding carboxylic acids is 1. The maximum Gasteiger partial charge on any atom is 0.248 e. The number of carbonyl (C=O) groups is 1. The number of amides is 1. The van der Waals surface area contributed by atoms with E-state index in [-0.39, 0.29) is 5.91 Å². The summed E-state index contributed by atoms with van der Waals surface area (Å²) in [6, 6.07) is 10.3. The van der Waals surface area contributed by atoms with Gasteiger partial charge in [-0.1, -0.05) is 37.3 Å². The zero-order chi connectivity index (χ0) is 15.5. The molecule has 0 radical (unpaired) electrons. The van der Waals surface area contributed by atoms with Gasteiger partial charge in [0.25, 0.3) is 0 Å². The average molecular weight is 293 g/mol. The number of benzene rings is 1. The Morgan fingerprint density at radius 3 is 2.57 bits per heavy atom. The fourth-order valence-corrected chi connectivity index (χ4v) is 2.01. The van der Waals surface area contributed by atoms with Gasteiger partial charge in [0.1, 0.15) is 6.10 Å². The van der Waals surface area contributed by atoms with Crippen LogP contribution in [0, 0.1) is 0 Å². The second-order valence-corrected chi connectivity index (χ2v) is 5.10. The first-order valence-corrected chi connectivity index (χ1v) is 7.67. The second kappa shape index (κ2) is 10.4. The van der Waals surface area contributed by atoms with Crippen molar-refractivity contribution in [2.45, 2.75) is 39.2 Å². The van der Waals surface area contributed by atoms with Crippen molar-refractivity contribution in [1.82, 2.24) is 5.32 Å². The lowest BCUT2D eigenvalue weighted by molar-refractivity contribution is -0.132. The third-order valence-electron chi connectivity index (χ3n) is 3.41. The van der Waals surface area contributed by atoms with Crippen molar-refractivity contribution in [3.8, 4) is 0 Å². The van der Waals surface area contributed by atoms with E-state index in [0.717, 1.165) is 6.42 Å². The van der Waals surface area contributed by atoms with Crippen molar-refractivity contribution in [1.29, 1.82) is 0 Å². The van der Waals surface area contributed by atoms with Crippen LogP contribution in [0.2, 0.25) is 0 Å². The smallest absolute Gasteiger partial charge is 0.248 e. The molecule has 0 bridgehead atoms. The third kappa shape index (κ3) is 7.25. The van der Waals surface area contributed by atoms with E-state index in [1.807, 2.05) is 25.1 Å². The van der Waals surface area contributed by atoms with Crippen LogP contribution in [0.5, 0.6) is 0 Å². The maximum atomic E-state index is 11.8. The molecule has 0 aromatic heterocycles. The summed E-state index contributed by atoms with van der Waals surface area (Å²) in [5.74, 6) is 0.368. The zero-order valence-corrected chi connectivity index (χ0v) is 13.3. The van der Waals surface area contributed by atoms with Crippen LogP contribution in [-0.2, 0) is 14.3 Å². The average Bonchev–Trinajstić information content (AvgIpc) is 2.52. The molecule has 0 aliphatic carbocycles. The van der Waals surface area contributed by atoms with E-state index in [9.17, 15) is 4.79 Å². The molecule has 0 unspecified atom stereocenters. The molecule has 1 N–H and O–H groups in total. The monoisotopic (exact) mass is 293 g/mol. The molecular formula is C17H27NO3. The Labute approximate surface area is 127 Å². The van der Waals surface area contributed by atoms with Gasteiger partial charge in [0.05, 0.1) is 13.2 Å². The van der Waals surface area contributed by atoms with Crippen LogP contribution in [0.25, 0.3) is 0 Å². The van der Waals surface area contributed by atoms with Gasteiger partial charge in [-0.3, -0.25) is 4.79 Å². The lowest BCUT2D eigenvalue weighted by atomic mass is 9.98. The molecular weight excluding hydrogens is 266 g/mol. The van der Waals surface area contributed by atoms with E-state index in [4.69, 9.17) is 9.47 Å². The molecule has 1 amide bonds. The summed E-state index contributed by atoms with van der Waals surface area (Å²) in [6.07, 6.45) is 0.485. The van der Waals surface area contributed by atoms with Gasteiger partial charge in [-0.15, -0.1) is 0 Å². The predicted octanol–water partition coefficient (Wildman–Crippen LogP) is 2.74. The Balaban J connectivity index is 2.17. The summed E-state index contributed by atoms with van der Waals surface area (Å²) in [5.41, 5.74) is 1.30. The Bertz CT molecular complexity index is 394. The van der Waals surface area contributed by atoms with Crippen LogP contribution < -0.4 is 5.32 Å². The van der Waals surface area contributed by atoms with Gasteiger partial charge in [-0.25, -0.2) is 0 Å². The van der Waals surface area contributed by atoms with Gasteiger partial charge in [0.15, 0.2) is 0 Å². The van der Waals surface area contributed by atoms with Crippen LogP contribution in [0.15, 0.2) is 30.3 Å². The van der Waals surface area contributed by atoms with Crippen LogP contribution >= 0.6 is 0 Å². The topological polar surface area (TPSA) is 47.6 Å². The Morgan fingerprint density at radius 1 is 1.19 bits per heavy atom. The van der Waals surface area contributed by atoms with E-state index in [0.29, 0.717) is 32.3 Å². The molecule has 21 heavy (non-hydrogen) atoms. The highest BCUT2D eigenvalue weighted by Gasteiger charge is 2.13. The number of ether oxygens (including phenoxy) is 2. The first-order valence-electron chi connectivity index (χ1n) is 7.67. The predicted molar refractivity (Wildman–Crippen MR) is 84.4 cm³/mol. The SMILES string of the molecule is CCOCCO[C@@H](C)C(=O)NCC[C@@H](C)c1ccccc1. The highest BCUT2D eigenvalue weighted by Crippen LogP contribution is 2.17. The van der Waals surface area contributed by atoms with E-state index in [1.165, 1.54) is 5.56 Å². The van der Waals surface area contributed by atoms with Crippen LogP contribution in [0.1, 0.15) is 38.7 Å². The minimum Gasteiger partial charge on any atom is -0.379 e. The van der Waals surface area contributed by atoms with Crippen LogP contribution in [-0.4, -0.2) is 38.4 Å². The quantitative estimate of drug-likeness (QED) is 0.675. The van der Waals surface area contributed by atoms with Gasteiger partial charge < -0.3 is 14.8 Å². The number of hydrogen-bond acceptors (Lipinski definition) is 3. The summed E-state index contributed by atoms with van der Waals surface area (Å²) in [5, 5.41) is 2.92. The maximum absolute atomic E-state index is 11.8. The fraction of sp³-hybridized carbons (Fsp3) is 0.588. The summed E-state index contributed by atoms with van der Waals surface area (Å²) in [6.45, 7) is 8.17. The summed E-state index contributed by atoms with van der Waals surface area (Å²) in [4.78, 5) is 11.8. The van der Waals surface area contributed by atoms with Crippen molar-refractivity contribution in [2.75, 3.05) is 26.4 Å². The van der Waals surface area contributed by atoms with E-state index < -0.39 is 6.10 Å². The molecule has 0 aliphatic heterocycles. The number of rotatable bonds is 10. The van der Waals surface area contributed by atoms with Crippen molar-refractivity contribution in [3.05, 3.63) is 35.9 Å². The van der Waals surface area contributed by atoms with Gasteiger partial charge in [-0.05, 0) is 31.7 Å². The molecule has 4 heteroatoms. The Kier molecular flexibility index (Phi) is 8.71. The first kappa shape index (κ1) is 17.7. The minimum atomic E-state index is -0.433. The molecule has 1 aromatic carbocycles. The number of nitrogens with one attached hydrogen (secondary N) is 1. The summed E-state index contributed by atoms with van der Waals surface area (Å²) < 4.78 is 10.6. The van der Waals surface area contributed by atoms with E-state index >= 15 is 0 Å². The van der Waals surface area contributed by atoms with Gasteiger partial charge in [-0.2, -0.15) is 0 Å². The molecule has 2 atom stereocenters. The van der Waals surface area contributed by atoms with Crippen LogP contribution in [0.3, 0.4) is 0 Å². The highest BCUT2D eigenvalue weighted by atomic mass is 16.5. The number of hydrogen-bond donors (Lipinski definition) is 1. The van der Waals surface area contributed by atoms with Gasteiger partial charge >= 0.3 is 0 Å². The lowest BCUT2D eigenvalue weighted by Crippen LogP contribution is -2.36. The molecule has 1 aromatic rings. The molecule has 1 rings (SSSR count). The Morgan fingerprint density at radius 2 is 1.90 bits per heavy atom. The first-order chi connectivity index (χ1) is 10.1. The second-order valence-electron chi connectivity index (χ2n) is 5.10. The molecule has 0 fully saturated rings. The standard InChI is InChI=1S/C17H27NO3/c1-4-20-12-13-21-15(3)17(19)18-11-10-14(2)16-8-6-5-7-9-16/h5-9,14-15H,4,10-13H2,1-3H3,(H,18,19)/t14-,15+/m1/s1. The van der Waals surface area contributed by atoms with Gasteiger partial charge in [0, 0.05) is 13.2 Å². The van der Waals surface area contributed by atoms with Crippen molar-refractivity contribution >= 4 is 5.91 Å². The molecule has 0 saturated heterocycles. The van der Waals surface area contributed by atoms with E-state index in [2.05, 4.69) is 24.4 Å². The summed E-state index contributed by atoms with van der Waals surface area (Å²) >= 11 is 0. The molecule has 4 nitrogen and oxygen atoms in total. The van der Waals surface area contributed by atoms with Crippen LogP contribution in [0.4, 0.5) is 0 Å². The third-order valence-corrected chi connectivity index (χ3v) is 3.41. The van der Waals surface area contributed by atoms with Crippen molar-refractivity contribution in [2.24, 2.45) is 0 Å². The highest BCUT2D eigenvalue weighted by molar-refractivity contribution is 5.80. The Hall–Kier alpha value is -1.39. The lowest BCUT2D eigenvalue weighted by Gasteiger charge is -2.15. The largest absolute Gasteiger partial charge is 0.379 e. The van der Waals surface area contributed by atoms with Gasteiger partial charge in [0.2, 0.25) is 5.91 Å². The zero-order valence-electron chi connectivity index (χ0n) is 13.3. The molecule has 0 aliphatic rings. The molecule has 118 valence electrons. The normalized spacial score (nSPS) is 13.7. The minimum absolute atomic E-state index is 0.0632. The molecule has 0 saturated carbocycles. The molecule has 0 spiro atoms. The van der Waals surface area contributed by atoms with Crippen molar-refractivity contribution < 1.29 is 14.3 Å². The van der Waals surface area contributed by atoms with E-state index in [1.54, 1.807) is 6.92 Å². The molecule has 0 heterocycles. The van der Waals surface area contributed by atoms with Crippen molar-refractivity contribution in [3.63, 3.8) is 0 Å².